The Balaban J connectivity index is 1.68. The molecule has 3 rings (SSSR count). The van der Waals surface area contributed by atoms with Crippen molar-refractivity contribution in [1.29, 1.82) is 0 Å². The Hall–Kier alpha value is -2.38. The van der Waals surface area contributed by atoms with E-state index in [1.165, 1.54) is 17.5 Å². The first-order valence-corrected chi connectivity index (χ1v) is 10.1. The molecule has 0 spiro atoms. The highest BCUT2D eigenvalue weighted by Gasteiger charge is 2.16. The summed E-state index contributed by atoms with van der Waals surface area (Å²) >= 11 is 1.24. The molecule has 1 aromatic carbocycles. The van der Waals surface area contributed by atoms with Crippen molar-refractivity contribution in [2.75, 3.05) is 10.0 Å². The average Bonchev–Trinajstić information content (AvgIpc) is 3.05. The molecule has 0 aliphatic carbocycles. The molecule has 0 bridgehead atoms. The van der Waals surface area contributed by atoms with Crippen LogP contribution in [0.3, 0.4) is 0 Å². The fraction of sp³-hybridized carbons (Fsp3) is 0.167. The third kappa shape index (κ3) is 4.37. The van der Waals surface area contributed by atoms with Crippen molar-refractivity contribution in [1.82, 2.24) is 4.98 Å². The second-order valence-electron chi connectivity index (χ2n) is 5.68. The van der Waals surface area contributed by atoms with E-state index in [1.54, 1.807) is 24.3 Å². The summed E-state index contributed by atoms with van der Waals surface area (Å²) < 4.78 is 27.5. The van der Waals surface area contributed by atoms with Crippen LogP contribution in [0.4, 0.5) is 11.5 Å². The lowest BCUT2D eigenvalue weighted by Gasteiger charge is -2.15. The molecular weight excluding hydrogens is 354 g/mol. The predicted molar refractivity (Wildman–Crippen MR) is 103 cm³/mol. The number of nitrogens with zero attached hydrogens (tertiary/aromatic N) is 1. The van der Waals surface area contributed by atoms with Crippen molar-refractivity contribution in [3.05, 3.63) is 71.2 Å². The summed E-state index contributed by atoms with van der Waals surface area (Å²) in [5.41, 5.74) is 1.59. The molecule has 0 aliphatic rings. The fourth-order valence-corrected chi connectivity index (χ4v) is 4.67. The summed E-state index contributed by atoms with van der Waals surface area (Å²) in [7, 11) is -3.56. The molecule has 7 heteroatoms. The minimum Gasteiger partial charge on any atom is -0.364 e. The normalized spacial score (nSPS) is 12.6. The Morgan fingerprint density at radius 2 is 1.80 bits per heavy atom. The van der Waals surface area contributed by atoms with Crippen LogP contribution in [0.5, 0.6) is 0 Å². The molecule has 0 radical (unpaired) electrons. The van der Waals surface area contributed by atoms with E-state index in [4.69, 9.17) is 0 Å². The second kappa shape index (κ2) is 7.25. The molecule has 0 amide bonds. The lowest BCUT2D eigenvalue weighted by atomic mass is 10.1. The van der Waals surface area contributed by atoms with Crippen LogP contribution in [-0.4, -0.2) is 13.4 Å². The van der Waals surface area contributed by atoms with Crippen molar-refractivity contribution in [3.63, 3.8) is 0 Å². The van der Waals surface area contributed by atoms with Crippen LogP contribution < -0.4 is 10.0 Å². The first-order chi connectivity index (χ1) is 11.9. The molecule has 5 nitrogen and oxygen atoms in total. The number of hydrogen-bond acceptors (Lipinski definition) is 5. The number of benzene rings is 1. The Morgan fingerprint density at radius 3 is 2.40 bits per heavy atom. The quantitative estimate of drug-likeness (QED) is 0.671. The Labute approximate surface area is 151 Å². The Kier molecular flexibility index (Phi) is 5.06. The SMILES string of the molecule is Cc1ccc(S(=O)(=O)Nc2ccc(NC(C)c3ccccc3)nc2)s1. The molecular formula is C18H19N3O2S2. The number of aryl methyl sites for hydroxylation is 1. The highest BCUT2D eigenvalue weighted by Crippen LogP contribution is 2.24. The number of anilines is 2. The van der Waals surface area contributed by atoms with Gasteiger partial charge in [-0.25, -0.2) is 13.4 Å². The molecule has 1 unspecified atom stereocenters. The first kappa shape index (κ1) is 17.4. The van der Waals surface area contributed by atoms with Gasteiger partial charge in [0.05, 0.1) is 11.9 Å². The molecule has 2 heterocycles. The number of pyridine rings is 1. The Morgan fingerprint density at radius 1 is 1.04 bits per heavy atom. The van der Waals surface area contributed by atoms with Gasteiger partial charge in [-0.15, -0.1) is 11.3 Å². The van der Waals surface area contributed by atoms with Gasteiger partial charge in [0.15, 0.2) is 0 Å². The topological polar surface area (TPSA) is 71.1 Å². The molecule has 1 atom stereocenters. The maximum Gasteiger partial charge on any atom is 0.271 e. The zero-order valence-corrected chi connectivity index (χ0v) is 15.6. The molecule has 2 aromatic heterocycles. The van der Waals surface area contributed by atoms with Crippen molar-refractivity contribution in [3.8, 4) is 0 Å². The van der Waals surface area contributed by atoms with Crippen molar-refractivity contribution >= 4 is 32.9 Å². The zero-order valence-electron chi connectivity index (χ0n) is 13.9. The van der Waals surface area contributed by atoms with Gasteiger partial charge in [-0.1, -0.05) is 30.3 Å². The first-order valence-electron chi connectivity index (χ1n) is 7.81. The highest BCUT2D eigenvalue weighted by molar-refractivity contribution is 7.94. The van der Waals surface area contributed by atoms with Crippen LogP contribution in [0.25, 0.3) is 0 Å². The highest BCUT2D eigenvalue weighted by atomic mass is 32.2. The van der Waals surface area contributed by atoms with Gasteiger partial charge in [0.1, 0.15) is 10.0 Å². The molecule has 2 N–H and O–H groups in total. The molecule has 3 aromatic rings. The monoisotopic (exact) mass is 373 g/mol. The number of aromatic nitrogens is 1. The standard InChI is InChI=1S/C18H19N3O2S2/c1-13-8-11-18(24-13)25(22,23)21-16-9-10-17(19-12-16)20-14(2)15-6-4-3-5-7-15/h3-12,14,21H,1-2H3,(H,19,20). The maximum atomic E-state index is 12.3. The number of nitrogens with one attached hydrogen (secondary N) is 2. The van der Waals surface area contributed by atoms with Gasteiger partial charge < -0.3 is 5.32 Å². The number of hydrogen-bond donors (Lipinski definition) is 2. The summed E-state index contributed by atoms with van der Waals surface area (Å²) in [5.74, 6) is 0.686. The van der Waals surface area contributed by atoms with Crippen molar-refractivity contribution in [2.45, 2.75) is 24.1 Å². The maximum absolute atomic E-state index is 12.3. The number of sulfonamides is 1. The summed E-state index contributed by atoms with van der Waals surface area (Å²) in [5, 5.41) is 3.30. The van der Waals surface area contributed by atoms with Gasteiger partial charge in [-0.3, -0.25) is 4.72 Å². The van der Waals surface area contributed by atoms with E-state index in [0.29, 0.717) is 15.7 Å². The van der Waals surface area contributed by atoms with E-state index in [0.717, 1.165) is 10.4 Å². The van der Waals surface area contributed by atoms with Gasteiger partial charge in [-0.2, -0.15) is 0 Å². The van der Waals surface area contributed by atoms with Crippen molar-refractivity contribution in [2.24, 2.45) is 0 Å². The van der Waals surface area contributed by atoms with E-state index >= 15 is 0 Å². The van der Waals surface area contributed by atoms with Crippen LogP contribution in [0, 0.1) is 6.92 Å². The van der Waals surface area contributed by atoms with Crippen LogP contribution in [0.2, 0.25) is 0 Å². The largest absolute Gasteiger partial charge is 0.364 e. The van der Waals surface area contributed by atoms with Gasteiger partial charge in [0.2, 0.25) is 0 Å². The van der Waals surface area contributed by atoms with Gasteiger partial charge in [-0.05, 0) is 43.7 Å². The minimum atomic E-state index is -3.56. The minimum absolute atomic E-state index is 0.102. The van der Waals surface area contributed by atoms with Gasteiger partial charge in [0, 0.05) is 10.9 Å². The zero-order chi connectivity index (χ0) is 17.9. The third-order valence-electron chi connectivity index (χ3n) is 3.66. The van der Waals surface area contributed by atoms with Crippen LogP contribution >= 0.6 is 11.3 Å². The van der Waals surface area contributed by atoms with Crippen molar-refractivity contribution < 1.29 is 8.42 Å². The third-order valence-corrected chi connectivity index (χ3v) is 6.53. The summed E-state index contributed by atoms with van der Waals surface area (Å²) in [6.45, 7) is 3.92. The lowest BCUT2D eigenvalue weighted by molar-refractivity contribution is 0.603. The smallest absolute Gasteiger partial charge is 0.271 e. The van der Waals surface area contributed by atoms with Gasteiger partial charge >= 0.3 is 0 Å². The second-order valence-corrected chi connectivity index (χ2v) is 8.88. The predicted octanol–water partition coefficient (Wildman–Crippen LogP) is 4.43. The number of rotatable bonds is 6. The summed E-state index contributed by atoms with van der Waals surface area (Å²) in [4.78, 5) is 5.24. The van der Waals surface area contributed by atoms with Gasteiger partial charge in [0.25, 0.3) is 10.0 Å². The fourth-order valence-electron chi connectivity index (χ4n) is 2.35. The molecule has 0 saturated carbocycles. The summed E-state index contributed by atoms with van der Waals surface area (Å²) in [6, 6.07) is 17.0. The van der Waals surface area contributed by atoms with E-state index in [-0.39, 0.29) is 6.04 Å². The van der Waals surface area contributed by atoms with Crippen LogP contribution in [0.15, 0.2) is 65.0 Å². The Bertz CT molecular complexity index is 936. The van der Waals surface area contributed by atoms with E-state index in [1.807, 2.05) is 44.2 Å². The van der Waals surface area contributed by atoms with E-state index < -0.39 is 10.0 Å². The summed E-state index contributed by atoms with van der Waals surface area (Å²) in [6.07, 6.45) is 1.51. The molecule has 0 aliphatic heterocycles. The molecule has 0 fully saturated rings. The van der Waals surface area contributed by atoms with E-state index in [9.17, 15) is 8.42 Å². The molecule has 25 heavy (non-hydrogen) atoms. The lowest BCUT2D eigenvalue weighted by Crippen LogP contribution is -2.12. The molecule has 0 saturated heterocycles. The average molecular weight is 374 g/mol. The number of thiophene rings is 1. The van der Waals surface area contributed by atoms with E-state index in [2.05, 4.69) is 15.0 Å². The van der Waals surface area contributed by atoms with Crippen LogP contribution in [0.1, 0.15) is 23.4 Å². The molecule has 130 valence electrons. The van der Waals surface area contributed by atoms with Crippen LogP contribution in [-0.2, 0) is 10.0 Å².